The van der Waals surface area contributed by atoms with Crippen molar-refractivity contribution in [1.82, 2.24) is 9.80 Å². The molecule has 2 aliphatic heterocycles. The number of para-hydroxylation sites is 1. The number of carbonyl (C=O) groups is 3. The zero-order valence-electron chi connectivity index (χ0n) is 22.3. The number of carboxylic acid groups (broad SMARTS) is 2. The van der Waals surface area contributed by atoms with Crippen LogP contribution in [0.3, 0.4) is 0 Å². The normalized spacial score (nSPS) is 16.0. The molecule has 2 saturated heterocycles. The molecule has 2 N–H and O–H groups in total. The zero-order chi connectivity index (χ0) is 28.4. The number of aryl methyl sites for hydroxylation is 1. The van der Waals surface area contributed by atoms with Gasteiger partial charge in [0.2, 0.25) is 0 Å². The van der Waals surface area contributed by atoms with E-state index in [1.807, 2.05) is 23.1 Å². The highest BCUT2D eigenvalue weighted by molar-refractivity contribution is 6.33. The van der Waals surface area contributed by atoms with Gasteiger partial charge in [-0.1, -0.05) is 29.8 Å². The number of carboxylic acids is 2. The van der Waals surface area contributed by atoms with Crippen LogP contribution in [-0.2, 0) is 14.4 Å². The number of likely N-dealkylation sites (N-methyl/N-ethyl adjacent to an activating group) is 1. The standard InChI is InChI=1S/C24H31ClN4O2.C4H4O4/c1-19-5-3-4-6-22(19)27-13-15-29(16-14-27)24(30)18-31-20-7-8-21(25)23(17-20)28-11-9-26(2)10-12-28;5-3(6)1-2-4(7)8/h3-8,17H,9-16,18H2,1-2H3;1-2H,(H,5,6)(H,7,8)/b;2-1+. The van der Waals surface area contributed by atoms with Crippen molar-refractivity contribution in [2.24, 2.45) is 0 Å². The lowest BCUT2D eigenvalue weighted by Crippen LogP contribution is -2.50. The number of ether oxygens (including phenoxy) is 1. The fraction of sp³-hybridized carbons (Fsp3) is 0.393. The summed E-state index contributed by atoms with van der Waals surface area (Å²) in [6, 6.07) is 14.0. The van der Waals surface area contributed by atoms with E-state index in [9.17, 15) is 14.4 Å². The van der Waals surface area contributed by atoms with Gasteiger partial charge in [-0.15, -0.1) is 0 Å². The van der Waals surface area contributed by atoms with Crippen molar-refractivity contribution < 1.29 is 29.3 Å². The SMILES string of the molecule is Cc1ccccc1N1CCN(C(=O)COc2ccc(Cl)c(N3CCN(C)CC3)c2)CC1.O=C(O)/C=C/C(=O)O. The van der Waals surface area contributed by atoms with Gasteiger partial charge in [-0.2, -0.15) is 0 Å². The average Bonchev–Trinajstić information content (AvgIpc) is 2.92. The summed E-state index contributed by atoms with van der Waals surface area (Å²) in [6.07, 6.45) is 1.12. The van der Waals surface area contributed by atoms with E-state index in [0.717, 1.165) is 50.0 Å². The molecular formula is C28H35ClN4O6. The number of benzene rings is 2. The number of anilines is 2. The molecule has 1 amide bonds. The van der Waals surface area contributed by atoms with Crippen molar-refractivity contribution >= 4 is 40.8 Å². The highest BCUT2D eigenvalue weighted by atomic mass is 35.5. The Kier molecular flexibility index (Phi) is 11.0. The Labute approximate surface area is 233 Å². The summed E-state index contributed by atoms with van der Waals surface area (Å²) in [5, 5.41) is 16.3. The van der Waals surface area contributed by atoms with Crippen molar-refractivity contribution in [3.8, 4) is 5.75 Å². The summed E-state index contributed by atoms with van der Waals surface area (Å²) in [5.41, 5.74) is 3.50. The first-order valence-electron chi connectivity index (χ1n) is 12.7. The highest BCUT2D eigenvalue weighted by Gasteiger charge is 2.23. The number of amides is 1. The fourth-order valence-electron chi connectivity index (χ4n) is 4.37. The Bertz CT molecular complexity index is 1160. The summed E-state index contributed by atoms with van der Waals surface area (Å²) in [4.78, 5) is 40.6. The van der Waals surface area contributed by atoms with Crippen LogP contribution in [0, 0.1) is 6.92 Å². The molecule has 0 aliphatic carbocycles. The molecule has 0 spiro atoms. The van der Waals surface area contributed by atoms with Crippen LogP contribution < -0.4 is 14.5 Å². The maximum atomic E-state index is 12.7. The van der Waals surface area contributed by atoms with Crippen LogP contribution in [0.1, 0.15) is 5.56 Å². The number of rotatable bonds is 7. The molecule has 4 rings (SSSR count). The van der Waals surface area contributed by atoms with E-state index in [1.165, 1.54) is 11.3 Å². The van der Waals surface area contributed by atoms with Gasteiger partial charge in [-0.25, -0.2) is 9.59 Å². The molecular weight excluding hydrogens is 524 g/mol. The molecule has 0 aromatic heterocycles. The molecule has 39 heavy (non-hydrogen) atoms. The smallest absolute Gasteiger partial charge is 0.328 e. The number of aliphatic carboxylic acids is 2. The number of piperazine rings is 2. The lowest BCUT2D eigenvalue weighted by molar-refractivity contribution is -0.134. The molecule has 2 heterocycles. The third-order valence-corrected chi connectivity index (χ3v) is 6.90. The van der Waals surface area contributed by atoms with Gasteiger partial charge in [0.05, 0.1) is 10.7 Å². The molecule has 0 bridgehead atoms. The maximum Gasteiger partial charge on any atom is 0.328 e. The van der Waals surface area contributed by atoms with Gasteiger partial charge in [0.1, 0.15) is 5.75 Å². The van der Waals surface area contributed by atoms with Gasteiger partial charge in [0, 0.05) is 76.3 Å². The van der Waals surface area contributed by atoms with Gasteiger partial charge in [-0.3, -0.25) is 4.79 Å². The minimum Gasteiger partial charge on any atom is -0.484 e. The molecule has 11 heteroatoms. The molecule has 210 valence electrons. The summed E-state index contributed by atoms with van der Waals surface area (Å²) in [6.45, 7) is 9.16. The molecule has 10 nitrogen and oxygen atoms in total. The molecule has 0 atom stereocenters. The molecule has 0 unspecified atom stereocenters. The van der Waals surface area contributed by atoms with Crippen molar-refractivity contribution in [1.29, 1.82) is 0 Å². The zero-order valence-corrected chi connectivity index (χ0v) is 23.0. The largest absolute Gasteiger partial charge is 0.484 e. The Balaban J connectivity index is 0.000000459. The van der Waals surface area contributed by atoms with E-state index in [4.69, 9.17) is 26.6 Å². The highest BCUT2D eigenvalue weighted by Crippen LogP contribution is 2.31. The second-order valence-electron chi connectivity index (χ2n) is 9.36. The summed E-state index contributed by atoms with van der Waals surface area (Å²) >= 11 is 6.44. The summed E-state index contributed by atoms with van der Waals surface area (Å²) < 4.78 is 5.86. The van der Waals surface area contributed by atoms with E-state index in [2.05, 4.69) is 52.9 Å². The Morgan fingerprint density at radius 1 is 0.846 bits per heavy atom. The van der Waals surface area contributed by atoms with E-state index in [0.29, 0.717) is 31.0 Å². The second-order valence-corrected chi connectivity index (χ2v) is 9.76. The first-order valence-corrected chi connectivity index (χ1v) is 13.1. The van der Waals surface area contributed by atoms with E-state index in [1.54, 1.807) is 0 Å². The minimum atomic E-state index is -1.26. The van der Waals surface area contributed by atoms with Crippen LogP contribution in [0.2, 0.25) is 5.02 Å². The van der Waals surface area contributed by atoms with Crippen molar-refractivity contribution in [3.05, 3.63) is 65.2 Å². The molecule has 0 saturated carbocycles. The van der Waals surface area contributed by atoms with E-state index >= 15 is 0 Å². The molecule has 2 fully saturated rings. The number of nitrogens with zero attached hydrogens (tertiary/aromatic N) is 4. The van der Waals surface area contributed by atoms with E-state index in [-0.39, 0.29) is 12.5 Å². The maximum absolute atomic E-state index is 12.7. The fourth-order valence-corrected chi connectivity index (χ4v) is 4.60. The number of carbonyl (C=O) groups excluding carboxylic acids is 1. The Hall–Kier alpha value is -3.76. The van der Waals surface area contributed by atoms with Gasteiger partial charge < -0.3 is 34.5 Å². The Morgan fingerprint density at radius 3 is 2.00 bits per heavy atom. The average molecular weight is 559 g/mol. The second kappa shape index (κ2) is 14.4. The van der Waals surface area contributed by atoms with Crippen molar-refractivity contribution in [2.45, 2.75) is 6.92 Å². The van der Waals surface area contributed by atoms with Gasteiger partial charge >= 0.3 is 11.9 Å². The lowest BCUT2D eigenvalue weighted by atomic mass is 10.1. The van der Waals surface area contributed by atoms with Crippen LogP contribution >= 0.6 is 11.6 Å². The lowest BCUT2D eigenvalue weighted by Gasteiger charge is -2.36. The van der Waals surface area contributed by atoms with E-state index < -0.39 is 11.9 Å². The molecule has 2 aromatic carbocycles. The van der Waals surface area contributed by atoms with Crippen molar-refractivity contribution in [3.63, 3.8) is 0 Å². The van der Waals surface area contributed by atoms with Crippen LogP contribution in [0.4, 0.5) is 11.4 Å². The van der Waals surface area contributed by atoms with Crippen LogP contribution in [0.5, 0.6) is 5.75 Å². The number of hydrogen-bond acceptors (Lipinski definition) is 7. The van der Waals surface area contributed by atoms with Crippen LogP contribution in [0.25, 0.3) is 0 Å². The predicted molar refractivity (Wildman–Crippen MR) is 151 cm³/mol. The number of halogens is 1. The Morgan fingerprint density at radius 2 is 1.41 bits per heavy atom. The third kappa shape index (κ3) is 9.19. The first kappa shape index (κ1) is 29.8. The molecule has 0 radical (unpaired) electrons. The first-order chi connectivity index (χ1) is 18.6. The van der Waals surface area contributed by atoms with Crippen molar-refractivity contribution in [2.75, 3.05) is 75.8 Å². The predicted octanol–water partition coefficient (Wildman–Crippen LogP) is 2.84. The summed E-state index contributed by atoms with van der Waals surface area (Å²) in [7, 11) is 2.13. The van der Waals surface area contributed by atoms with Gasteiger partial charge in [0.15, 0.2) is 6.61 Å². The van der Waals surface area contributed by atoms with Crippen LogP contribution in [-0.4, -0.2) is 104 Å². The third-order valence-electron chi connectivity index (χ3n) is 6.58. The topological polar surface area (TPSA) is 114 Å². The molecule has 2 aliphatic rings. The quantitative estimate of drug-likeness (QED) is 0.495. The molecule has 2 aromatic rings. The summed E-state index contributed by atoms with van der Waals surface area (Å²) in [5.74, 6) is -1.80. The van der Waals surface area contributed by atoms with Gasteiger partial charge in [-0.05, 0) is 37.7 Å². The monoisotopic (exact) mass is 558 g/mol. The van der Waals surface area contributed by atoms with Crippen LogP contribution in [0.15, 0.2) is 54.6 Å². The van der Waals surface area contributed by atoms with Gasteiger partial charge in [0.25, 0.3) is 5.91 Å². The minimum absolute atomic E-state index is 0.0283. The number of hydrogen-bond donors (Lipinski definition) is 2.